The fourth-order valence-corrected chi connectivity index (χ4v) is 1.86. The molecule has 0 fully saturated rings. The number of amides is 1. The standard InChI is InChI=1S/C15H10F3N5O2/c1-8(25-12-5-3-2-4-9(12)15(16,17)18)13(24)23-14-21-10(6-19)11(7-20)22-14/h2-5,8H,1H3,(H2,21,22,23,24). The number of H-pyrrole nitrogens is 1. The van der Waals surface area contributed by atoms with Gasteiger partial charge in [0.2, 0.25) is 5.95 Å². The van der Waals surface area contributed by atoms with Gasteiger partial charge in [0.25, 0.3) is 5.91 Å². The number of hydrogen-bond acceptors (Lipinski definition) is 5. The Morgan fingerprint density at radius 2 is 2.00 bits per heavy atom. The minimum absolute atomic E-state index is 0.145. The smallest absolute Gasteiger partial charge is 0.419 e. The molecular weight excluding hydrogens is 339 g/mol. The number of anilines is 1. The number of nitriles is 2. The highest BCUT2D eigenvalue weighted by molar-refractivity contribution is 5.92. The van der Waals surface area contributed by atoms with Crippen molar-refractivity contribution >= 4 is 11.9 Å². The van der Waals surface area contributed by atoms with Gasteiger partial charge in [0, 0.05) is 0 Å². The minimum Gasteiger partial charge on any atom is -0.480 e. The molecule has 0 bridgehead atoms. The van der Waals surface area contributed by atoms with Gasteiger partial charge in [-0.15, -0.1) is 0 Å². The molecule has 0 aliphatic carbocycles. The molecule has 0 aliphatic heterocycles. The molecule has 2 rings (SSSR count). The number of benzene rings is 1. The molecule has 1 aromatic heterocycles. The van der Waals surface area contributed by atoms with E-state index in [2.05, 4.69) is 15.3 Å². The molecule has 1 amide bonds. The van der Waals surface area contributed by atoms with Crippen molar-refractivity contribution in [2.24, 2.45) is 0 Å². The third-order valence-corrected chi connectivity index (χ3v) is 3.03. The third kappa shape index (κ3) is 4.06. The maximum Gasteiger partial charge on any atom is 0.419 e. The van der Waals surface area contributed by atoms with Crippen LogP contribution in [0.2, 0.25) is 0 Å². The van der Waals surface area contributed by atoms with Crippen LogP contribution in [0.5, 0.6) is 5.75 Å². The fourth-order valence-electron chi connectivity index (χ4n) is 1.86. The lowest BCUT2D eigenvalue weighted by molar-refractivity contribution is -0.140. The van der Waals surface area contributed by atoms with Crippen molar-refractivity contribution in [2.75, 3.05) is 5.32 Å². The second-order valence-corrected chi connectivity index (χ2v) is 4.78. The topological polar surface area (TPSA) is 115 Å². The van der Waals surface area contributed by atoms with Crippen molar-refractivity contribution < 1.29 is 22.7 Å². The van der Waals surface area contributed by atoms with Crippen LogP contribution >= 0.6 is 0 Å². The molecule has 10 heteroatoms. The number of para-hydroxylation sites is 1. The Morgan fingerprint density at radius 1 is 1.32 bits per heavy atom. The molecule has 0 saturated heterocycles. The van der Waals surface area contributed by atoms with E-state index in [0.29, 0.717) is 0 Å². The van der Waals surface area contributed by atoms with E-state index in [1.807, 2.05) is 0 Å². The van der Waals surface area contributed by atoms with Crippen LogP contribution in [0.25, 0.3) is 0 Å². The van der Waals surface area contributed by atoms with Crippen LogP contribution in [-0.4, -0.2) is 22.0 Å². The van der Waals surface area contributed by atoms with Gasteiger partial charge >= 0.3 is 6.18 Å². The van der Waals surface area contributed by atoms with Crippen LogP contribution in [-0.2, 0) is 11.0 Å². The summed E-state index contributed by atoms with van der Waals surface area (Å²) in [5.41, 5.74) is -1.37. The molecule has 2 N–H and O–H groups in total. The van der Waals surface area contributed by atoms with E-state index in [1.165, 1.54) is 19.1 Å². The second kappa shape index (κ2) is 6.93. The Kier molecular flexibility index (Phi) is 4.94. The quantitative estimate of drug-likeness (QED) is 0.880. The number of ether oxygens (including phenoxy) is 1. The second-order valence-electron chi connectivity index (χ2n) is 4.78. The third-order valence-electron chi connectivity index (χ3n) is 3.03. The molecule has 0 spiro atoms. The molecule has 7 nitrogen and oxygen atoms in total. The first-order chi connectivity index (χ1) is 11.8. The maximum absolute atomic E-state index is 12.9. The van der Waals surface area contributed by atoms with Crippen molar-refractivity contribution in [3.8, 4) is 17.9 Å². The fraction of sp³-hybridized carbons (Fsp3) is 0.200. The lowest BCUT2D eigenvalue weighted by atomic mass is 10.2. The molecule has 1 atom stereocenters. The van der Waals surface area contributed by atoms with E-state index in [4.69, 9.17) is 15.3 Å². The normalized spacial score (nSPS) is 11.9. The summed E-state index contributed by atoms with van der Waals surface area (Å²) >= 11 is 0. The predicted molar refractivity (Wildman–Crippen MR) is 78.2 cm³/mol. The van der Waals surface area contributed by atoms with Gasteiger partial charge in [0.05, 0.1) is 5.56 Å². The highest BCUT2D eigenvalue weighted by Crippen LogP contribution is 2.36. The number of hydrogen-bond donors (Lipinski definition) is 2. The number of imidazole rings is 1. The van der Waals surface area contributed by atoms with E-state index in [0.717, 1.165) is 12.1 Å². The van der Waals surface area contributed by atoms with Crippen LogP contribution in [0, 0.1) is 22.7 Å². The van der Waals surface area contributed by atoms with Crippen LogP contribution in [0.3, 0.4) is 0 Å². The first-order valence-corrected chi connectivity index (χ1v) is 6.80. The van der Waals surface area contributed by atoms with Crippen molar-refractivity contribution in [2.45, 2.75) is 19.2 Å². The molecular formula is C15H10F3N5O2. The zero-order valence-corrected chi connectivity index (χ0v) is 12.7. The van der Waals surface area contributed by atoms with E-state index in [1.54, 1.807) is 12.1 Å². The zero-order chi connectivity index (χ0) is 18.6. The lowest BCUT2D eigenvalue weighted by Crippen LogP contribution is -2.31. The average molecular weight is 349 g/mol. The van der Waals surface area contributed by atoms with Crippen LogP contribution in [0.1, 0.15) is 23.9 Å². The van der Waals surface area contributed by atoms with Crippen LogP contribution in [0.15, 0.2) is 24.3 Å². The zero-order valence-electron chi connectivity index (χ0n) is 12.7. The molecule has 1 heterocycles. The summed E-state index contributed by atoms with van der Waals surface area (Å²) in [6, 6.07) is 7.83. The first-order valence-electron chi connectivity index (χ1n) is 6.80. The molecule has 0 aliphatic rings. The Hall–Kier alpha value is -3.53. The Balaban J connectivity index is 2.13. The van der Waals surface area contributed by atoms with Crippen molar-refractivity contribution in [1.82, 2.24) is 9.97 Å². The van der Waals surface area contributed by atoms with E-state index < -0.39 is 29.5 Å². The summed E-state index contributed by atoms with van der Waals surface area (Å²) in [5.74, 6) is -1.48. The van der Waals surface area contributed by atoms with E-state index >= 15 is 0 Å². The van der Waals surface area contributed by atoms with Gasteiger partial charge in [-0.1, -0.05) is 12.1 Å². The predicted octanol–water partition coefficient (Wildman–Crippen LogP) is 2.58. The summed E-state index contributed by atoms with van der Waals surface area (Å²) < 4.78 is 43.8. The summed E-state index contributed by atoms with van der Waals surface area (Å²) in [4.78, 5) is 18.1. The van der Waals surface area contributed by atoms with Crippen molar-refractivity contribution in [1.29, 1.82) is 10.5 Å². The molecule has 128 valence electrons. The highest BCUT2D eigenvalue weighted by Gasteiger charge is 2.34. The Morgan fingerprint density at radius 3 is 2.56 bits per heavy atom. The van der Waals surface area contributed by atoms with Gasteiger partial charge in [0.1, 0.15) is 17.9 Å². The van der Waals surface area contributed by atoms with Gasteiger partial charge < -0.3 is 9.72 Å². The van der Waals surface area contributed by atoms with E-state index in [9.17, 15) is 18.0 Å². The van der Waals surface area contributed by atoms with Gasteiger partial charge in [0.15, 0.2) is 17.5 Å². The summed E-state index contributed by atoms with van der Waals surface area (Å²) in [6.07, 6.45) is -5.92. The first kappa shape index (κ1) is 17.8. The number of carbonyl (C=O) groups excluding carboxylic acids is 1. The largest absolute Gasteiger partial charge is 0.480 e. The molecule has 0 radical (unpaired) electrons. The van der Waals surface area contributed by atoms with Crippen LogP contribution < -0.4 is 10.1 Å². The SMILES string of the molecule is CC(Oc1ccccc1C(F)(F)F)C(=O)Nc1nc(C#N)c(C#N)[nH]1. The van der Waals surface area contributed by atoms with Gasteiger partial charge in [-0.25, -0.2) is 4.98 Å². The molecule has 1 aromatic carbocycles. The number of halogens is 3. The monoisotopic (exact) mass is 349 g/mol. The minimum atomic E-state index is -4.63. The highest BCUT2D eigenvalue weighted by atomic mass is 19.4. The number of nitrogens with one attached hydrogen (secondary N) is 2. The van der Waals surface area contributed by atoms with Gasteiger partial charge in [-0.3, -0.25) is 10.1 Å². The molecule has 2 aromatic rings. The molecule has 1 unspecified atom stereocenters. The number of nitrogens with zero attached hydrogens (tertiary/aromatic N) is 3. The maximum atomic E-state index is 12.9. The number of rotatable bonds is 4. The number of alkyl halides is 3. The van der Waals surface area contributed by atoms with Crippen molar-refractivity contribution in [3.63, 3.8) is 0 Å². The summed E-state index contributed by atoms with van der Waals surface area (Å²) in [5, 5.41) is 19.8. The van der Waals surface area contributed by atoms with Gasteiger partial charge in [-0.2, -0.15) is 23.7 Å². The Labute approximate surface area is 139 Å². The number of aromatic amines is 1. The number of carbonyl (C=O) groups is 1. The molecule has 0 saturated carbocycles. The van der Waals surface area contributed by atoms with Crippen molar-refractivity contribution in [3.05, 3.63) is 41.2 Å². The Bertz CT molecular complexity index is 845. The summed E-state index contributed by atoms with van der Waals surface area (Å²) in [6.45, 7) is 1.25. The molecule has 25 heavy (non-hydrogen) atoms. The lowest BCUT2D eigenvalue weighted by Gasteiger charge is -2.17. The van der Waals surface area contributed by atoms with E-state index in [-0.39, 0.29) is 17.3 Å². The summed E-state index contributed by atoms with van der Waals surface area (Å²) in [7, 11) is 0. The number of aromatic nitrogens is 2. The average Bonchev–Trinajstić information content (AvgIpc) is 2.96. The van der Waals surface area contributed by atoms with Crippen LogP contribution in [0.4, 0.5) is 19.1 Å². The van der Waals surface area contributed by atoms with Gasteiger partial charge in [-0.05, 0) is 19.1 Å².